The van der Waals surface area contributed by atoms with Crippen LogP contribution < -0.4 is 4.90 Å². The second-order valence-electron chi connectivity index (χ2n) is 6.02. The second kappa shape index (κ2) is 6.62. The number of amides is 1. The lowest BCUT2D eigenvalue weighted by molar-refractivity contribution is -0.119. The molecule has 0 unspecified atom stereocenters. The molecule has 2 aromatic carbocycles. The van der Waals surface area contributed by atoms with E-state index in [4.69, 9.17) is 28.5 Å². The number of carbonyl (C=O) groups is 1. The van der Waals surface area contributed by atoms with Gasteiger partial charge < -0.3 is 10.0 Å². The summed E-state index contributed by atoms with van der Waals surface area (Å²) in [5.74, 6) is -0.0308. The first-order valence-electron chi connectivity index (χ1n) is 8.06. The van der Waals surface area contributed by atoms with E-state index < -0.39 is 6.04 Å². The fraction of sp³-hybridized carbons (Fsp3) is 0.105. The molecule has 2 aliphatic rings. The van der Waals surface area contributed by atoms with E-state index in [1.165, 1.54) is 17.0 Å². The Morgan fingerprint density at radius 3 is 2.81 bits per heavy atom. The lowest BCUT2D eigenvalue weighted by Gasteiger charge is -2.20. The third-order valence-corrected chi connectivity index (χ3v) is 5.20. The van der Waals surface area contributed by atoms with E-state index >= 15 is 0 Å². The summed E-state index contributed by atoms with van der Waals surface area (Å²) in [6.45, 7) is 0. The molecule has 0 saturated carbocycles. The van der Waals surface area contributed by atoms with Gasteiger partial charge in [-0.3, -0.25) is 4.79 Å². The Morgan fingerprint density at radius 1 is 1.26 bits per heavy atom. The summed E-state index contributed by atoms with van der Waals surface area (Å²) in [7, 11) is 0. The summed E-state index contributed by atoms with van der Waals surface area (Å²) in [6.07, 6.45) is 4.21. The maximum atomic E-state index is 13.0. The highest BCUT2D eigenvalue weighted by Crippen LogP contribution is 2.39. The number of hydrogen-bond acceptors (Lipinski definition) is 4. The zero-order chi connectivity index (χ0) is 19.1. The topological polar surface area (TPSA) is 79.9 Å². The molecule has 1 N–H and O–H groups in total. The molecule has 2 heterocycles. The van der Waals surface area contributed by atoms with Crippen molar-refractivity contribution in [2.24, 2.45) is 4.99 Å². The zero-order valence-electron chi connectivity index (χ0n) is 13.8. The Kier molecular flexibility index (Phi) is 4.27. The fourth-order valence-electron chi connectivity index (χ4n) is 3.10. The molecule has 1 atom stereocenters. The van der Waals surface area contributed by atoms with Gasteiger partial charge in [-0.25, -0.2) is 9.89 Å². The quantitative estimate of drug-likeness (QED) is 0.821. The highest BCUT2D eigenvalue weighted by atomic mass is 35.5. The van der Waals surface area contributed by atoms with Gasteiger partial charge in [-0.15, -0.1) is 0 Å². The molecule has 134 valence electrons. The van der Waals surface area contributed by atoms with Crippen LogP contribution in [-0.2, 0) is 4.79 Å². The normalized spacial score (nSPS) is 19.7. The predicted octanol–water partition coefficient (Wildman–Crippen LogP) is 4.19. The first-order chi connectivity index (χ1) is 13.0. The van der Waals surface area contributed by atoms with Crippen LogP contribution in [0.1, 0.15) is 12.0 Å². The van der Waals surface area contributed by atoms with E-state index in [9.17, 15) is 9.90 Å². The molecule has 1 amide bonds. The van der Waals surface area contributed by atoms with Gasteiger partial charge in [0.15, 0.2) is 0 Å². The third-order valence-electron chi connectivity index (χ3n) is 4.39. The number of carbonyl (C=O) groups excluding carboxylic acids is 1. The molecule has 1 fully saturated rings. The van der Waals surface area contributed by atoms with Crippen LogP contribution in [-0.4, -0.2) is 27.9 Å². The van der Waals surface area contributed by atoms with Crippen molar-refractivity contribution in [3.63, 3.8) is 0 Å². The Balaban J connectivity index is 1.87. The molecule has 0 aliphatic carbocycles. The minimum absolute atomic E-state index is 0.155. The number of fused-ring (bicyclic) bond motifs is 1. The average molecular weight is 399 g/mol. The zero-order valence-corrected chi connectivity index (χ0v) is 15.3. The van der Waals surface area contributed by atoms with Gasteiger partial charge in [-0.2, -0.15) is 5.26 Å². The van der Waals surface area contributed by atoms with Gasteiger partial charge in [0, 0.05) is 6.20 Å². The monoisotopic (exact) mass is 398 g/mol. The number of guanidine groups is 1. The fourth-order valence-corrected chi connectivity index (χ4v) is 3.48. The number of rotatable bonds is 2. The van der Waals surface area contributed by atoms with Crippen molar-refractivity contribution in [1.29, 1.82) is 5.26 Å². The molecule has 0 aromatic heterocycles. The molecule has 8 heteroatoms. The van der Waals surface area contributed by atoms with Crippen LogP contribution in [0.2, 0.25) is 10.0 Å². The maximum absolute atomic E-state index is 13.0. The first kappa shape index (κ1) is 17.4. The molecule has 2 aliphatic heterocycles. The average Bonchev–Trinajstić information content (AvgIpc) is 3.23. The van der Waals surface area contributed by atoms with Crippen LogP contribution in [0, 0.1) is 11.3 Å². The molecule has 1 saturated heterocycles. The number of aliphatic imine (C=N–C) groups is 1. The molecule has 0 bridgehead atoms. The van der Waals surface area contributed by atoms with Gasteiger partial charge >= 0.3 is 0 Å². The Labute approximate surface area is 165 Å². The van der Waals surface area contributed by atoms with Crippen LogP contribution in [0.15, 0.2) is 53.7 Å². The summed E-state index contributed by atoms with van der Waals surface area (Å²) in [6, 6.07) is 11.0. The number of phenolic OH excluding ortho intramolecular Hbond substituents is 1. The molecule has 0 radical (unpaired) electrons. The number of nitriles is 1. The molecular formula is C19H12Cl2N4O2. The Morgan fingerprint density at radius 2 is 2.07 bits per heavy atom. The summed E-state index contributed by atoms with van der Waals surface area (Å²) in [5.41, 5.74) is 0.970. The number of halogens is 2. The van der Waals surface area contributed by atoms with E-state index in [0.29, 0.717) is 28.7 Å². The van der Waals surface area contributed by atoms with E-state index in [1.807, 2.05) is 12.1 Å². The lowest BCUT2D eigenvalue weighted by Crippen LogP contribution is -2.33. The highest BCUT2D eigenvalue weighted by molar-refractivity contribution is 6.45. The summed E-state index contributed by atoms with van der Waals surface area (Å²) < 4.78 is 0. The summed E-state index contributed by atoms with van der Waals surface area (Å²) >= 11 is 12.5. The minimum Gasteiger partial charge on any atom is -0.506 e. The lowest BCUT2D eigenvalue weighted by atomic mass is 10.2. The number of aromatic hydroxyl groups is 1. The smallest absolute Gasteiger partial charge is 0.257 e. The predicted molar refractivity (Wildman–Crippen MR) is 103 cm³/mol. The van der Waals surface area contributed by atoms with E-state index in [-0.39, 0.29) is 22.4 Å². The number of benzene rings is 2. The number of hydrogen-bond donors (Lipinski definition) is 1. The van der Waals surface area contributed by atoms with Crippen molar-refractivity contribution >= 4 is 46.4 Å². The van der Waals surface area contributed by atoms with Crippen LogP contribution >= 0.6 is 23.2 Å². The number of nitrogens with zero attached hydrogens (tertiary/aromatic N) is 4. The van der Waals surface area contributed by atoms with Crippen molar-refractivity contribution in [3.05, 3.63) is 64.3 Å². The van der Waals surface area contributed by atoms with Crippen LogP contribution in [0.4, 0.5) is 11.4 Å². The Hall–Kier alpha value is -3.01. The molecule has 6 nitrogen and oxygen atoms in total. The molecule has 0 spiro atoms. The van der Waals surface area contributed by atoms with E-state index in [2.05, 4.69) is 4.99 Å². The SMILES string of the molecule is N#Cc1ccc(N=C2N(c3cccc(Cl)c3Cl)C(=O)[C@@H]3CC=CN23)c(O)c1. The molecule has 27 heavy (non-hydrogen) atoms. The minimum atomic E-state index is -0.417. The van der Waals surface area contributed by atoms with Crippen LogP contribution in [0.5, 0.6) is 5.75 Å². The van der Waals surface area contributed by atoms with Gasteiger partial charge in [0.05, 0.1) is 27.4 Å². The van der Waals surface area contributed by atoms with Crippen molar-refractivity contribution in [2.45, 2.75) is 12.5 Å². The van der Waals surface area contributed by atoms with Gasteiger partial charge in [0.1, 0.15) is 17.5 Å². The second-order valence-corrected chi connectivity index (χ2v) is 6.80. The molecule has 2 aromatic rings. The van der Waals surface area contributed by atoms with Crippen molar-refractivity contribution in [1.82, 2.24) is 4.90 Å². The largest absolute Gasteiger partial charge is 0.506 e. The maximum Gasteiger partial charge on any atom is 0.257 e. The molecular weight excluding hydrogens is 387 g/mol. The third kappa shape index (κ3) is 2.81. The van der Waals surface area contributed by atoms with E-state index in [1.54, 1.807) is 35.4 Å². The van der Waals surface area contributed by atoms with Gasteiger partial charge in [0.25, 0.3) is 5.91 Å². The number of phenols is 1. The first-order valence-corrected chi connectivity index (χ1v) is 8.81. The summed E-state index contributed by atoms with van der Waals surface area (Å²) in [5, 5.41) is 19.7. The van der Waals surface area contributed by atoms with E-state index in [0.717, 1.165) is 0 Å². The van der Waals surface area contributed by atoms with Gasteiger partial charge in [-0.05, 0) is 36.8 Å². The Bertz CT molecular complexity index is 1060. The van der Waals surface area contributed by atoms with Gasteiger partial charge in [-0.1, -0.05) is 35.3 Å². The summed E-state index contributed by atoms with van der Waals surface area (Å²) in [4.78, 5) is 20.6. The van der Waals surface area contributed by atoms with Crippen LogP contribution in [0.25, 0.3) is 0 Å². The molecule has 4 rings (SSSR count). The van der Waals surface area contributed by atoms with Crippen molar-refractivity contribution in [2.75, 3.05) is 4.90 Å². The van der Waals surface area contributed by atoms with Crippen molar-refractivity contribution < 1.29 is 9.90 Å². The standard InChI is InChI=1S/C19H12Cl2N4O2/c20-12-3-1-4-14(17(12)21)25-18(27)15-5-2-8-24(15)19(25)23-13-7-6-11(10-22)9-16(13)26/h1-4,6-9,15,26H,5H2/t15-/m0/s1. The van der Waals surface area contributed by atoms with Gasteiger partial charge in [0.2, 0.25) is 5.96 Å². The number of anilines is 1. The van der Waals surface area contributed by atoms with Crippen molar-refractivity contribution in [3.8, 4) is 11.8 Å². The highest BCUT2D eigenvalue weighted by Gasteiger charge is 2.45. The van der Waals surface area contributed by atoms with Crippen LogP contribution in [0.3, 0.4) is 0 Å².